The van der Waals surface area contributed by atoms with E-state index in [0.717, 1.165) is 11.1 Å². The standard InChI is InChI=1S/C29H30FN3O5S2/c1-18-6-4-8-22(14-18)40(36,37)33-13-5-7-20(17-33)23-15-24-26(16-25(23)32-39(3)35)38-28(27(24)29(34)31-2)19-9-11-21(30)12-10-19/h4,6,8-12,14-16,20,32H,5,7,13,17H2,1-3H3,(H,31,34)/t20-,39?/m1/s1. The molecule has 1 aliphatic heterocycles. The number of amides is 1. The fourth-order valence-electron chi connectivity index (χ4n) is 5.24. The highest BCUT2D eigenvalue weighted by atomic mass is 32.2. The van der Waals surface area contributed by atoms with Crippen molar-refractivity contribution in [2.24, 2.45) is 0 Å². The Hall–Kier alpha value is -3.38. The number of nitrogens with zero attached hydrogens (tertiary/aromatic N) is 1. The number of furan rings is 1. The quantitative estimate of drug-likeness (QED) is 0.290. The Labute approximate surface area is 235 Å². The minimum atomic E-state index is -3.73. The Morgan fingerprint density at radius 3 is 2.58 bits per heavy atom. The lowest BCUT2D eigenvalue weighted by Crippen LogP contribution is -2.39. The van der Waals surface area contributed by atoms with Crippen molar-refractivity contribution in [1.82, 2.24) is 9.62 Å². The first-order valence-corrected chi connectivity index (χ1v) is 15.8. The summed E-state index contributed by atoms with van der Waals surface area (Å²) in [4.78, 5) is 13.3. The smallest absolute Gasteiger partial charge is 0.255 e. The second-order valence-electron chi connectivity index (χ2n) is 9.90. The predicted octanol–water partition coefficient (Wildman–Crippen LogP) is 5.18. The van der Waals surface area contributed by atoms with E-state index >= 15 is 0 Å². The first kappa shape index (κ1) is 28.2. The summed E-state index contributed by atoms with van der Waals surface area (Å²) in [7, 11) is -2.21. The first-order chi connectivity index (χ1) is 19.1. The van der Waals surface area contributed by atoms with E-state index in [1.165, 1.54) is 41.9 Å². The van der Waals surface area contributed by atoms with Crippen LogP contribution in [0.5, 0.6) is 0 Å². The van der Waals surface area contributed by atoms with E-state index in [9.17, 15) is 22.2 Å². The normalized spacial score (nSPS) is 17.1. The summed E-state index contributed by atoms with van der Waals surface area (Å²) in [5.74, 6) is -0.744. The number of hydrogen-bond acceptors (Lipinski definition) is 6. The topological polar surface area (TPSA) is 115 Å². The maximum atomic E-state index is 13.6. The molecule has 1 saturated heterocycles. The third kappa shape index (κ3) is 5.46. The molecule has 0 saturated carbocycles. The van der Waals surface area contributed by atoms with Crippen molar-refractivity contribution < 1.29 is 26.6 Å². The van der Waals surface area contributed by atoms with Crippen molar-refractivity contribution >= 4 is 43.9 Å². The third-order valence-corrected chi connectivity index (χ3v) is 9.49. The lowest BCUT2D eigenvalue weighted by Gasteiger charge is -2.33. The molecule has 0 spiro atoms. The van der Waals surface area contributed by atoms with Gasteiger partial charge in [0.15, 0.2) is 0 Å². The van der Waals surface area contributed by atoms with E-state index in [2.05, 4.69) is 10.0 Å². The SMILES string of the molecule is CNC(=O)c1c(-c2ccc(F)cc2)oc2cc(N[S+](C)[O-])c([C@@H]3CCCN(S(=O)(=O)c4cccc(C)c4)C3)cc12. The van der Waals surface area contributed by atoms with Gasteiger partial charge in [-0.25, -0.2) is 17.5 Å². The van der Waals surface area contributed by atoms with Crippen LogP contribution in [0.1, 0.15) is 40.2 Å². The van der Waals surface area contributed by atoms with Gasteiger partial charge in [-0.15, -0.1) is 0 Å². The molecule has 2 N–H and O–H groups in total. The Kier molecular flexibility index (Phi) is 7.92. The number of carbonyl (C=O) groups excluding carboxylic acids is 1. The summed E-state index contributed by atoms with van der Waals surface area (Å²) in [5.41, 5.74) is 3.33. The van der Waals surface area contributed by atoms with Crippen molar-refractivity contribution in [1.29, 1.82) is 0 Å². The zero-order chi connectivity index (χ0) is 28.6. The van der Waals surface area contributed by atoms with Gasteiger partial charge in [0, 0.05) is 37.2 Å². The Balaban J connectivity index is 1.62. The van der Waals surface area contributed by atoms with Gasteiger partial charge in [-0.1, -0.05) is 12.1 Å². The van der Waals surface area contributed by atoms with Gasteiger partial charge in [-0.3, -0.25) is 4.79 Å². The fourth-order valence-corrected chi connectivity index (χ4v) is 7.35. The van der Waals surface area contributed by atoms with Crippen LogP contribution in [0.25, 0.3) is 22.3 Å². The summed E-state index contributed by atoms with van der Waals surface area (Å²) in [5, 5.41) is 3.18. The lowest BCUT2D eigenvalue weighted by molar-refractivity contribution is 0.0964. The second-order valence-corrected chi connectivity index (χ2v) is 13.0. The van der Waals surface area contributed by atoms with Gasteiger partial charge in [-0.05, 0) is 79.3 Å². The van der Waals surface area contributed by atoms with Gasteiger partial charge in [-0.2, -0.15) is 4.31 Å². The molecule has 4 aromatic rings. The Morgan fingerprint density at radius 2 is 1.90 bits per heavy atom. The summed E-state index contributed by atoms with van der Waals surface area (Å²) in [6, 6.07) is 16.0. The zero-order valence-corrected chi connectivity index (χ0v) is 24.0. The van der Waals surface area contributed by atoms with Gasteiger partial charge in [0.25, 0.3) is 5.91 Å². The van der Waals surface area contributed by atoms with E-state index in [0.29, 0.717) is 41.6 Å². The number of benzene rings is 3. The molecule has 11 heteroatoms. The molecule has 5 rings (SSSR count). The number of halogens is 1. The van der Waals surface area contributed by atoms with Crippen molar-refractivity contribution in [2.75, 3.05) is 31.1 Å². The van der Waals surface area contributed by atoms with Crippen LogP contribution < -0.4 is 10.0 Å². The molecule has 2 atom stereocenters. The van der Waals surface area contributed by atoms with E-state index < -0.39 is 27.2 Å². The van der Waals surface area contributed by atoms with Crippen molar-refractivity contribution in [2.45, 2.75) is 30.6 Å². The van der Waals surface area contributed by atoms with Crippen LogP contribution in [0.4, 0.5) is 10.1 Å². The van der Waals surface area contributed by atoms with Crippen molar-refractivity contribution in [3.8, 4) is 11.3 Å². The van der Waals surface area contributed by atoms with Crippen LogP contribution in [0, 0.1) is 12.7 Å². The fraction of sp³-hybridized carbons (Fsp3) is 0.276. The predicted molar refractivity (Wildman–Crippen MR) is 155 cm³/mol. The molecular formula is C29H30FN3O5S2. The highest BCUT2D eigenvalue weighted by Crippen LogP contribution is 2.41. The van der Waals surface area contributed by atoms with E-state index in [-0.39, 0.29) is 34.6 Å². The summed E-state index contributed by atoms with van der Waals surface area (Å²) in [6.45, 7) is 2.47. The van der Waals surface area contributed by atoms with Gasteiger partial charge in [0.1, 0.15) is 23.4 Å². The van der Waals surface area contributed by atoms with Crippen molar-refractivity contribution in [3.05, 3.63) is 83.2 Å². The lowest BCUT2D eigenvalue weighted by atomic mass is 9.89. The van der Waals surface area contributed by atoms with E-state index in [4.69, 9.17) is 4.42 Å². The number of sulfonamides is 1. The average Bonchev–Trinajstić information content (AvgIpc) is 3.30. The van der Waals surface area contributed by atoms with Crippen LogP contribution in [0.3, 0.4) is 0 Å². The molecule has 1 amide bonds. The first-order valence-electron chi connectivity index (χ1n) is 12.8. The molecule has 1 unspecified atom stereocenters. The molecule has 0 radical (unpaired) electrons. The maximum absolute atomic E-state index is 13.6. The summed E-state index contributed by atoms with van der Waals surface area (Å²) >= 11 is -1.42. The van der Waals surface area contributed by atoms with Crippen molar-refractivity contribution in [3.63, 3.8) is 0 Å². The molecule has 2 heterocycles. The third-order valence-electron chi connectivity index (χ3n) is 7.13. The van der Waals surface area contributed by atoms with Crippen LogP contribution >= 0.6 is 0 Å². The number of anilines is 1. The molecular weight excluding hydrogens is 553 g/mol. The van der Waals surface area contributed by atoms with Gasteiger partial charge >= 0.3 is 0 Å². The molecule has 0 bridgehead atoms. The van der Waals surface area contributed by atoms with Gasteiger partial charge < -0.3 is 14.3 Å². The summed E-state index contributed by atoms with van der Waals surface area (Å²) in [6.07, 6.45) is 2.84. The monoisotopic (exact) mass is 583 g/mol. The van der Waals surface area contributed by atoms with Crippen LogP contribution in [-0.2, 0) is 21.4 Å². The molecule has 1 fully saturated rings. The number of hydrogen-bond donors (Lipinski definition) is 2. The average molecular weight is 584 g/mol. The molecule has 3 aromatic carbocycles. The van der Waals surface area contributed by atoms with E-state index in [1.807, 2.05) is 19.1 Å². The van der Waals surface area contributed by atoms with Crippen LogP contribution in [0.15, 0.2) is 70.0 Å². The molecule has 40 heavy (non-hydrogen) atoms. The number of rotatable bonds is 7. The minimum Gasteiger partial charge on any atom is -0.593 e. The number of carbonyl (C=O) groups is 1. The van der Waals surface area contributed by atoms with E-state index in [1.54, 1.807) is 24.3 Å². The van der Waals surface area contributed by atoms with Crippen LogP contribution in [0.2, 0.25) is 0 Å². The molecule has 0 aliphatic carbocycles. The number of aryl methyl sites for hydroxylation is 1. The number of piperidine rings is 1. The summed E-state index contributed by atoms with van der Waals surface area (Å²) < 4.78 is 63.5. The van der Waals surface area contributed by atoms with Gasteiger partial charge in [0.05, 0.1) is 27.5 Å². The molecule has 1 aliphatic rings. The highest BCUT2D eigenvalue weighted by Gasteiger charge is 2.33. The maximum Gasteiger partial charge on any atom is 0.255 e. The largest absolute Gasteiger partial charge is 0.593 e. The molecule has 1 aromatic heterocycles. The van der Waals surface area contributed by atoms with Gasteiger partial charge in [0.2, 0.25) is 10.0 Å². The number of nitrogens with one attached hydrogen (secondary N) is 2. The number of fused-ring (bicyclic) bond motifs is 1. The Morgan fingerprint density at radius 1 is 1.15 bits per heavy atom. The zero-order valence-electron chi connectivity index (χ0n) is 22.4. The van der Waals surface area contributed by atoms with Crippen LogP contribution in [-0.4, -0.2) is 49.6 Å². The molecule has 210 valence electrons. The minimum absolute atomic E-state index is 0.227. The molecule has 8 nitrogen and oxygen atoms in total. The second kappa shape index (κ2) is 11.2. The Bertz CT molecular complexity index is 1670. The highest BCUT2D eigenvalue weighted by molar-refractivity contribution is 7.92.